The van der Waals surface area contributed by atoms with Crippen LogP contribution >= 0.6 is 0 Å². The first-order chi connectivity index (χ1) is 26.2. The second kappa shape index (κ2) is 34.5. The van der Waals surface area contributed by atoms with E-state index in [9.17, 15) is 14.4 Å². The Kier molecular flexibility index (Phi) is 32.1. The van der Waals surface area contributed by atoms with Crippen LogP contribution in [0.2, 0.25) is 0 Å². The second-order valence-corrected chi connectivity index (χ2v) is 15.8. The lowest BCUT2D eigenvalue weighted by Gasteiger charge is -2.23. The molecule has 1 fully saturated rings. The van der Waals surface area contributed by atoms with Crippen LogP contribution in [-0.4, -0.2) is 106 Å². The minimum Gasteiger partial charge on any atom is -0.466 e. The summed E-state index contributed by atoms with van der Waals surface area (Å²) >= 11 is 0. The van der Waals surface area contributed by atoms with E-state index in [1.165, 1.54) is 51.4 Å². The van der Waals surface area contributed by atoms with E-state index in [1.54, 1.807) is 0 Å². The van der Waals surface area contributed by atoms with Crippen molar-refractivity contribution in [3.8, 4) is 0 Å². The molecule has 0 radical (unpaired) electrons. The molecule has 0 aromatic rings. The number of likely N-dealkylation sites (tertiary alicyclic amines) is 1. The number of hydrogen-bond donors (Lipinski definition) is 0. The summed E-state index contributed by atoms with van der Waals surface area (Å²) in [6.07, 6.45) is 23.0. The number of carbonyl (C=O) groups is 3. The number of carbonyl (C=O) groups excluding carboxylic acids is 3. The third-order valence-electron chi connectivity index (χ3n) is 10.3. The summed E-state index contributed by atoms with van der Waals surface area (Å²) in [5.41, 5.74) is 0. The summed E-state index contributed by atoms with van der Waals surface area (Å²) in [5.74, 6) is -0.771. The molecule has 0 saturated carbocycles. The summed E-state index contributed by atoms with van der Waals surface area (Å²) in [6.45, 7) is 12.5. The van der Waals surface area contributed by atoms with Crippen LogP contribution in [0, 0.1) is 5.92 Å². The molecule has 10 heteroatoms. The van der Waals surface area contributed by atoms with Gasteiger partial charge in [0.2, 0.25) is 0 Å². The maximum absolute atomic E-state index is 13.3. The van der Waals surface area contributed by atoms with Crippen LogP contribution in [-0.2, 0) is 38.1 Å². The lowest BCUT2D eigenvalue weighted by Crippen LogP contribution is -2.38. The first-order valence-corrected chi connectivity index (χ1v) is 22.4. The van der Waals surface area contributed by atoms with E-state index in [0.29, 0.717) is 52.2 Å². The van der Waals surface area contributed by atoms with Crippen LogP contribution in [0.4, 0.5) is 0 Å². The number of ether oxygens (including phenoxy) is 5. The van der Waals surface area contributed by atoms with E-state index < -0.39 is 12.3 Å². The van der Waals surface area contributed by atoms with Crippen LogP contribution in [0.25, 0.3) is 0 Å². The van der Waals surface area contributed by atoms with Crippen molar-refractivity contribution in [1.29, 1.82) is 0 Å². The predicted octanol–water partition coefficient (Wildman–Crippen LogP) is 9.65. The van der Waals surface area contributed by atoms with Gasteiger partial charge < -0.3 is 28.6 Å². The first-order valence-electron chi connectivity index (χ1n) is 22.4. The van der Waals surface area contributed by atoms with Gasteiger partial charge in [-0.3, -0.25) is 19.3 Å². The zero-order chi connectivity index (χ0) is 39.7. The molecule has 1 saturated heterocycles. The summed E-state index contributed by atoms with van der Waals surface area (Å²) in [5, 5.41) is 0. The quantitative estimate of drug-likeness (QED) is 0.0263. The van der Waals surface area contributed by atoms with Gasteiger partial charge in [-0.2, -0.15) is 0 Å². The van der Waals surface area contributed by atoms with Crippen LogP contribution in [0.15, 0.2) is 0 Å². The van der Waals surface area contributed by atoms with Gasteiger partial charge in [0.05, 0.1) is 25.6 Å². The van der Waals surface area contributed by atoms with E-state index >= 15 is 0 Å². The van der Waals surface area contributed by atoms with Gasteiger partial charge in [-0.15, -0.1) is 0 Å². The normalized spacial score (nSPS) is 16.7. The van der Waals surface area contributed by atoms with E-state index in [2.05, 4.69) is 32.6 Å². The molecule has 3 atom stereocenters. The van der Waals surface area contributed by atoms with Crippen molar-refractivity contribution >= 4 is 17.9 Å². The Hall–Kier alpha value is -1.75. The molecular formula is C44H84N2O8. The zero-order valence-electron chi connectivity index (χ0n) is 35.9. The van der Waals surface area contributed by atoms with Crippen molar-refractivity contribution in [1.82, 2.24) is 9.80 Å². The van der Waals surface area contributed by atoms with Crippen LogP contribution in [0.3, 0.4) is 0 Å². The number of unbranched alkanes of at least 4 members (excludes halogenated alkanes) is 13. The predicted molar refractivity (Wildman–Crippen MR) is 218 cm³/mol. The molecule has 318 valence electrons. The molecule has 1 rings (SSSR count). The van der Waals surface area contributed by atoms with Gasteiger partial charge in [0.15, 0.2) is 6.29 Å². The Morgan fingerprint density at radius 1 is 0.630 bits per heavy atom. The maximum atomic E-state index is 13.3. The molecule has 10 nitrogen and oxygen atoms in total. The second-order valence-electron chi connectivity index (χ2n) is 15.8. The topological polar surface area (TPSA) is 104 Å². The number of nitrogens with zero attached hydrogens (tertiary/aromatic N) is 2. The average Bonchev–Trinajstić information content (AvgIpc) is 3.56. The van der Waals surface area contributed by atoms with E-state index in [0.717, 1.165) is 83.6 Å². The summed E-state index contributed by atoms with van der Waals surface area (Å²) < 4.78 is 29.6. The van der Waals surface area contributed by atoms with Gasteiger partial charge in [0.25, 0.3) is 0 Å². The minimum atomic E-state index is -0.486. The Balaban J connectivity index is 2.65. The van der Waals surface area contributed by atoms with Crippen molar-refractivity contribution in [2.45, 2.75) is 200 Å². The standard InChI is InChI=1S/C44H84N2O8/c1-7-11-15-17-19-22-32-51-42(52-33-23-20-18-16-12-8-2)29-28-41(47)50-34-25-31-46-37-39(36-40(46)44(49)53-35-24-30-45(5)6)54-43(48)38(26-14-10-4)27-21-13-9-3/h38-40,42H,7-37H2,1-6H3. The lowest BCUT2D eigenvalue weighted by molar-refractivity contribution is -0.159. The fourth-order valence-electron chi connectivity index (χ4n) is 6.99. The molecular weight excluding hydrogens is 684 g/mol. The largest absolute Gasteiger partial charge is 0.466 e. The summed E-state index contributed by atoms with van der Waals surface area (Å²) in [7, 11) is 3.99. The average molecular weight is 769 g/mol. The van der Waals surface area contributed by atoms with Crippen molar-refractivity contribution in [2.75, 3.05) is 60.2 Å². The van der Waals surface area contributed by atoms with Crippen LogP contribution in [0.5, 0.6) is 0 Å². The molecule has 0 N–H and O–H groups in total. The smallest absolute Gasteiger partial charge is 0.323 e. The maximum Gasteiger partial charge on any atom is 0.323 e. The highest BCUT2D eigenvalue weighted by Gasteiger charge is 2.40. The molecule has 0 bridgehead atoms. The van der Waals surface area contributed by atoms with Crippen molar-refractivity contribution in [3.05, 3.63) is 0 Å². The Bertz CT molecular complexity index is 901. The SMILES string of the molecule is CCCCCCCCOC(CCC(=O)OCCCN1CC(OC(=O)C(CCCC)CCCCC)CC1C(=O)OCCCN(C)C)OCCCCCCCC. The molecule has 3 unspecified atom stereocenters. The molecule has 1 aliphatic heterocycles. The summed E-state index contributed by atoms with van der Waals surface area (Å²) in [4.78, 5) is 43.5. The van der Waals surface area contributed by atoms with E-state index in [1.807, 2.05) is 19.0 Å². The summed E-state index contributed by atoms with van der Waals surface area (Å²) in [6, 6.07) is -0.486. The molecule has 0 aromatic carbocycles. The zero-order valence-corrected chi connectivity index (χ0v) is 35.9. The Labute approximate surface area is 331 Å². The van der Waals surface area contributed by atoms with Gasteiger partial charge in [-0.05, 0) is 52.6 Å². The monoisotopic (exact) mass is 769 g/mol. The highest BCUT2D eigenvalue weighted by Crippen LogP contribution is 2.26. The van der Waals surface area contributed by atoms with Crippen LogP contribution < -0.4 is 0 Å². The van der Waals surface area contributed by atoms with Crippen molar-refractivity contribution < 1.29 is 38.1 Å². The minimum absolute atomic E-state index is 0.0945. The van der Waals surface area contributed by atoms with Crippen molar-refractivity contribution in [2.24, 2.45) is 5.92 Å². The third-order valence-corrected chi connectivity index (χ3v) is 10.3. The molecule has 0 aromatic heterocycles. The van der Waals surface area contributed by atoms with Gasteiger partial charge in [-0.25, -0.2) is 0 Å². The highest BCUT2D eigenvalue weighted by molar-refractivity contribution is 5.77. The fourth-order valence-corrected chi connectivity index (χ4v) is 6.99. The van der Waals surface area contributed by atoms with Gasteiger partial charge in [-0.1, -0.05) is 124 Å². The van der Waals surface area contributed by atoms with Gasteiger partial charge >= 0.3 is 17.9 Å². The molecule has 1 aliphatic rings. The fraction of sp³-hybridized carbons (Fsp3) is 0.932. The highest BCUT2D eigenvalue weighted by atomic mass is 16.7. The third kappa shape index (κ3) is 26.2. The van der Waals surface area contributed by atoms with Gasteiger partial charge in [0.1, 0.15) is 12.1 Å². The van der Waals surface area contributed by atoms with Crippen LogP contribution in [0.1, 0.15) is 182 Å². The molecule has 0 aliphatic carbocycles. The van der Waals surface area contributed by atoms with E-state index in [-0.39, 0.29) is 43.0 Å². The molecule has 0 amide bonds. The molecule has 54 heavy (non-hydrogen) atoms. The molecule has 0 spiro atoms. The lowest BCUT2D eigenvalue weighted by atomic mass is 9.95. The van der Waals surface area contributed by atoms with E-state index in [4.69, 9.17) is 23.7 Å². The molecule has 1 heterocycles. The number of rotatable bonds is 37. The van der Waals surface area contributed by atoms with Crippen molar-refractivity contribution in [3.63, 3.8) is 0 Å². The number of hydrogen-bond acceptors (Lipinski definition) is 10. The Morgan fingerprint density at radius 3 is 1.80 bits per heavy atom. The number of esters is 3. The van der Waals surface area contributed by atoms with Gasteiger partial charge in [0, 0.05) is 45.7 Å². The Morgan fingerprint density at radius 2 is 1.19 bits per heavy atom. The first kappa shape index (κ1) is 50.3.